The maximum absolute atomic E-state index is 13.6. The Hall–Kier alpha value is -2.64. The zero-order valence-electron chi connectivity index (χ0n) is 15.4. The summed E-state index contributed by atoms with van der Waals surface area (Å²) in [5, 5.41) is 4.30. The minimum Gasteiger partial charge on any atom is -0.493 e. The molecule has 1 aliphatic carbocycles. The number of aryl methyl sites for hydroxylation is 1. The highest BCUT2D eigenvalue weighted by molar-refractivity contribution is 5.93. The second-order valence-corrected chi connectivity index (χ2v) is 7.15. The molecule has 2 heterocycles. The molecule has 6 nitrogen and oxygen atoms in total. The first kappa shape index (κ1) is 17.8. The Morgan fingerprint density at radius 2 is 1.93 bits per heavy atom. The van der Waals surface area contributed by atoms with Crippen molar-refractivity contribution in [3.05, 3.63) is 30.0 Å². The van der Waals surface area contributed by atoms with E-state index in [0.29, 0.717) is 18.0 Å². The molecule has 0 N–H and O–H groups in total. The molecule has 0 spiro atoms. The van der Waals surface area contributed by atoms with Gasteiger partial charge in [0.05, 0.1) is 19.9 Å². The molecule has 4 rings (SSSR count). The fraction of sp³-hybridized carbons (Fsp3) is 0.474. The number of aromatic nitrogens is 2. The van der Waals surface area contributed by atoms with E-state index in [2.05, 4.69) is 5.10 Å². The largest absolute Gasteiger partial charge is 0.493 e. The Bertz CT molecular complexity index is 896. The van der Waals surface area contributed by atoms with Crippen molar-refractivity contribution >= 4 is 5.91 Å². The smallest absolute Gasteiger partial charge is 0.274 e. The van der Waals surface area contributed by atoms with Crippen LogP contribution in [-0.4, -0.2) is 53.8 Å². The van der Waals surface area contributed by atoms with E-state index < -0.39 is 11.8 Å². The number of carbonyl (C=O) groups excluding carboxylic acids is 1. The zero-order valence-corrected chi connectivity index (χ0v) is 15.4. The van der Waals surface area contributed by atoms with Crippen molar-refractivity contribution < 1.29 is 23.0 Å². The Morgan fingerprint density at radius 3 is 2.56 bits per heavy atom. The minimum absolute atomic E-state index is 0.0960. The lowest BCUT2D eigenvalue weighted by Crippen LogP contribution is -2.46. The third-order valence-corrected chi connectivity index (χ3v) is 5.58. The third-order valence-electron chi connectivity index (χ3n) is 5.58. The summed E-state index contributed by atoms with van der Waals surface area (Å²) in [6.07, 6.45) is -0.124. The number of hydrogen-bond acceptors (Lipinski definition) is 4. The van der Waals surface area contributed by atoms with Gasteiger partial charge in [0.1, 0.15) is 0 Å². The van der Waals surface area contributed by atoms with Crippen LogP contribution in [0.1, 0.15) is 16.9 Å². The van der Waals surface area contributed by atoms with Crippen LogP contribution >= 0.6 is 0 Å². The van der Waals surface area contributed by atoms with E-state index in [4.69, 9.17) is 9.47 Å². The summed E-state index contributed by atoms with van der Waals surface area (Å²) in [6.45, 7) is 0.472. The molecule has 144 valence electrons. The van der Waals surface area contributed by atoms with E-state index in [1.807, 2.05) is 6.07 Å². The standard InChI is InChI=1S/C19H21F2N3O3/c1-23-15(11-4-5-16(26-2)17(6-11)27-3)7-14(22-23)18(25)24-9-12-8-19(20,21)13(12)10-24/h4-7,12-13H,8-10H2,1-3H3. The van der Waals surface area contributed by atoms with Crippen molar-refractivity contribution in [3.8, 4) is 22.8 Å². The highest BCUT2D eigenvalue weighted by Gasteiger charge is 2.60. The van der Waals surface area contributed by atoms with Crippen LogP contribution < -0.4 is 9.47 Å². The van der Waals surface area contributed by atoms with Crippen LogP contribution in [-0.2, 0) is 7.05 Å². The molecular weight excluding hydrogens is 356 g/mol. The lowest BCUT2D eigenvalue weighted by molar-refractivity contribution is -0.152. The summed E-state index contributed by atoms with van der Waals surface area (Å²) < 4.78 is 39.3. The number of rotatable bonds is 4. The molecule has 1 saturated heterocycles. The first-order valence-corrected chi connectivity index (χ1v) is 8.77. The van der Waals surface area contributed by atoms with Gasteiger partial charge in [-0.15, -0.1) is 0 Å². The van der Waals surface area contributed by atoms with Crippen LogP contribution in [0.5, 0.6) is 11.5 Å². The molecule has 1 saturated carbocycles. The number of benzene rings is 1. The van der Waals surface area contributed by atoms with Gasteiger partial charge in [-0.25, -0.2) is 8.78 Å². The summed E-state index contributed by atoms with van der Waals surface area (Å²) in [5.74, 6) is -2.58. The number of alkyl halides is 2. The van der Waals surface area contributed by atoms with Gasteiger partial charge in [0.25, 0.3) is 11.8 Å². The van der Waals surface area contributed by atoms with E-state index >= 15 is 0 Å². The number of methoxy groups -OCH3 is 2. The minimum atomic E-state index is -2.64. The summed E-state index contributed by atoms with van der Waals surface area (Å²) in [7, 11) is 4.85. The fourth-order valence-electron chi connectivity index (χ4n) is 4.06. The average Bonchev–Trinajstić information content (AvgIpc) is 3.21. The fourth-order valence-corrected chi connectivity index (χ4v) is 4.06. The van der Waals surface area contributed by atoms with E-state index in [9.17, 15) is 13.6 Å². The van der Waals surface area contributed by atoms with Crippen LogP contribution in [0.25, 0.3) is 11.3 Å². The van der Waals surface area contributed by atoms with Gasteiger partial charge in [0.15, 0.2) is 17.2 Å². The van der Waals surface area contributed by atoms with E-state index in [1.54, 1.807) is 44.1 Å². The summed E-state index contributed by atoms with van der Waals surface area (Å²) in [4.78, 5) is 14.3. The monoisotopic (exact) mass is 377 g/mol. The molecule has 1 aromatic heterocycles. The summed E-state index contributed by atoms with van der Waals surface area (Å²) in [6, 6.07) is 7.12. The van der Waals surface area contributed by atoms with Crippen molar-refractivity contribution in [2.45, 2.75) is 12.3 Å². The van der Waals surface area contributed by atoms with Crippen LogP contribution in [0.2, 0.25) is 0 Å². The number of fused-ring (bicyclic) bond motifs is 1. The van der Waals surface area contributed by atoms with Crippen LogP contribution in [0.15, 0.2) is 24.3 Å². The molecule has 2 atom stereocenters. The van der Waals surface area contributed by atoms with E-state index in [0.717, 1.165) is 11.3 Å². The Kier molecular flexibility index (Phi) is 4.09. The quantitative estimate of drug-likeness (QED) is 0.822. The van der Waals surface area contributed by atoms with Crippen molar-refractivity contribution in [2.24, 2.45) is 18.9 Å². The van der Waals surface area contributed by atoms with Gasteiger partial charge < -0.3 is 14.4 Å². The lowest BCUT2D eigenvalue weighted by atomic mass is 9.72. The Balaban J connectivity index is 1.58. The molecule has 2 fully saturated rings. The van der Waals surface area contributed by atoms with Gasteiger partial charge in [-0.1, -0.05) is 0 Å². The predicted octanol–water partition coefficient (Wildman–Crippen LogP) is 2.83. The van der Waals surface area contributed by atoms with Crippen molar-refractivity contribution in [1.82, 2.24) is 14.7 Å². The van der Waals surface area contributed by atoms with Crippen LogP contribution in [0.3, 0.4) is 0 Å². The van der Waals surface area contributed by atoms with Gasteiger partial charge in [0.2, 0.25) is 0 Å². The maximum atomic E-state index is 13.6. The molecule has 1 amide bonds. The second-order valence-electron chi connectivity index (χ2n) is 7.15. The van der Waals surface area contributed by atoms with E-state index in [1.165, 1.54) is 4.90 Å². The van der Waals surface area contributed by atoms with Gasteiger partial charge in [0, 0.05) is 38.0 Å². The molecular formula is C19H21F2N3O3. The van der Waals surface area contributed by atoms with Gasteiger partial charge in [-0.2, -0.15) is 5.10 Å². The molecule has 8 heteroatoms. The van der Waals surface area contributed by atoms with Crippen LogP contribution in [0.4, 0.5) is 8.78 Å². The highest BCUT2D eigenvalue weighted by atomic mass is 19.3. The average molecular weight is 377 g/mol. The SMILES string of the molecule is COc1ccc(-c2cc(C(=O)N3CC4CC(F)(F)C4C3)nn2C)cc1OC. The number of carbonyl (C=O) groups is 1. The van der Waals surface area contributed by atoms with Gasteiger partial charge >= 0.3 is 0 Å². The molecule has 2 aliphatic rings. The first-order valence-electron chi connectivity index (χ1n) is 8.77. The molecule has 0 radical (unpaired) electrons. The lowest BCUT2D eigenvalue weighted by Gasteiger charge is -2.38. The molecule has 1 aromatic carbocycles. The normalized spacial score (nSPS) is 22.9. The zero-order chi connectivity index (χ0) is 19.3. The molecule has 0 bridgehead atoms. The Morgan fingerprint density at radius 1 is 1.19 bits per heavy atom. The molecule has 1 aliphatic heterocycles. The Labute approximate surface area is 155 Å². The summed E-state index contributed by atoms with van der Waals surface area (Å²) >= 11 is 0. The number of ether oxygens (including phenoxy) is 2. The highest BCUT2D eigenvalue weighted by Crippen LogP contribution is 2.52. The predicted molar refractivity (Wildman–Crippen MR) is 94.2 cm³/mol. The second kappa shape index (κ2) is 6.21. The maximum Gasteiger partial charge on any atom is 0.274 e. The number of halogens is 2. The number of hydrogen-bond donors (Lipinski definition) is 0. The number of likely N-dealkylation sites (tertiary alicyclic amines) is 1. The topological polar surface area (TPSA) is 56.6 Å². The summed E-state index contributed by atoms with van der Waals surface area (Å²) in [5.41, 5.74) is 1.80. The molecule has 27 heavy (non-hydrogen) atoms. The van der Waals surface area contributed by atoms with Crippen molar-refractivity contribution in [1.29, 1.82) is 0 Å². The third kappa shape index (κ3) is 2.83. The van der Waals surface area contributed by atoms with Crippen LogP contribution in [0, 0.1) is 11.8 Å². The van der Waals surface area contributed by atoms with Gasteiger partial charge in [-0.3, -0.25) is 9.48 Å². The molecule has 2 aromatic rings. The van der Waals surface area contributed by atoms with Crippen molar-refractivity contribution in [3.63, 3.8) is 0 Å². The first-order chi connectivity index (χ1) is 12.8. The number of nitrogens with zero attached hydrogens (tertiary/aromatic N) is 3. The molecule has 2 unspecified atom stereocenters. The van der Waals surface area contributed by atoms with Crippen molar-refractivity contribution in [2.75, 3.05) is 27.3 Å². The van der Waals surface area contributed by atoms with Gasteiger partial charge in [-0.05, 0) is 30.2 Å². The van der Waals surface area contributed by atoms with E-state index in [-0.39, 0.29) is 30.5 Å². The number of amides is 1.